The van der Waals surface area contributed by atoms with Crippen LogP contribution in [0.15, 0.2) is 24.3 Å². The second-order valence-electron chi connectivity index (χ2n) is 5.34. The normalized spacial score (nSPS) is 19.9. The van der Waals surface area contributed by atoms with E-state index in [1.807, 2.05) is 0 Å². The van der Waals surface area contributed by atoms with E-state index >= 15 is 0 Å². The van der Waals surface area contributed by atoms with Gasteiger partial charge in [-0.25, -0.2) is 4.39 Å². The lowest BCUT2D eigenvalue weighted by atomic mass is 10.00. The molecule has 0 saturated carbocycles. The van der Waals surface area contributed by atoms with Gasteiger partial charge >= 0.3 is 5.97 Å². The highest BCUT2D eigenvalue weighted by atomic mass is 19.1. The molecule has 0 bridgehead atoms. The summed E-state index contributed by atoms with van der Waals surface area (Å²) in [6.07, 6.45) is 0.971. The van der Waals surface area contributed by atoms with Crippen molar-refractivity contribution in [1.29, 1.82) is 0 Å². The molecule has 0 radical (unpaired) electrons. The fraction of sp³-hybridized carbons (Fsp3) is 0.467. The molecule has 1 heterocycles. The molecule has 1 amide bonds. The summed E-state index contributed by atoms with van der Waals surface area (Å²) in [5, 5.41) is 8.94. The number of halogens is 1. The fourth-order valence-electron chi connectivity index (χ4n) is 2.58. The molecule has 0 aliphatic carbocycles. The minimum Gasteiger partial charge on any atom is -0.481 e. The maximum atomic E-state index is 13.1. The Labute approximate surface area is 117 Å². The number of hydrogen-bond donors (Lipinski definition) is 1. The number of aliphatic carboxylic acids is 1. The molecule has 1 saturated heterocycles. The first-order chi connectivity index (χ1) is 9.47. The lowest BCUT2D eigenvalue weighted by Gasteiger charge is -2.20. The van der Waals surface area contributed by atoms with Gasteiger partial charge in [0, 0.05) is 19.0 Å². The smallest absolute Gasteiger partial charge is 0.308 e. The molecule has 0 aromatic heterocycles. The average molecular weight is 279 g/mol. The fourth-order valence-corrected chi connectivity index (χ4v) is 2.58. The monoisotopic (exact) mass is 279 g/mol. The molecule has 2 rings (SSSR count). The third-order valence-corrected chi connectivity index (χ3v) is 3.70. The molecular formula is C15H18FNO3. The molecule has 1 N–H and O–H groups in total. The number of benzene rings is 1. The Kier molecular flexibility index (Phi) is 4.37. The van der Waals surface area contributed by atoms with Gasteiger partial charge in [0.25, 0.3) is 0 Å². The van der Waals surface area contributed by atoms with Crippen LogP contribution in [0.5, 0.6) is 0 Å². The Morgan fingerprint density at radius 1 is 1.50 bits per heavy atom. The summed E-state index contributed by atoms with van der Waals surface area (Å²) in [6.45, 7) is 2.56. The second kappa shape index (κ2) is 6.03. The minimum absolute atomic E-state index is 0.0574. The molecule has 1 aromatic carbocycles. The number of rotatable bonds is 4. The largest absolute Gasteiger partial charge is 0.481 e. The van der Waals surface area contributed by atoms with Gasteiger partial charge in [0.2, 0.25) is 5.91 Å². The van der Waals surface area contributed by atoms with E-state index in [1.165, 1.54) is 12.1 Å². The van der Waals surface area contributed by atoms with Gasteiger partial charge < -0.3 is 10.0 Å². The molecule has 0 unspecified atom stereocenters. The van der Waals surface area contributed by atoms with Crippen molar-refractivity contribution in [3.63, 3.8) is 0 Å². The minimum atomic E-state index is -0.849. The van der Waals surface area contributed by atoms with E-state index in [9.17, 15) is 14.0 Å². The summed E-state index contributed by atoms with van der Waals surface area (Å²) in [4.78, 5) is 24.7. The predicted octanol–water partition coefficient (Wildman–Crippen LogP) is 1.94. The highest BCUT2D eigenvalue weighted by Crippen LogP contribution is 2.20. The zero-order valence-electron chi connectivity index (χ0n) is 11.4. The first-order valence-electron chi connectivity index (χ1n) is 6.73. The third kappa shape index (κ3) is 3.35. The van der Waals surface area contributed by atoms with E-state index in [4.69, 9.17) is 5.11 Å². The maximum Gasteiger partial charge on any atom is 0.308 e. The summed E-state index contributed by atoms with van der Waals surface area (Å²) in [5.41, 5.74) is 0.778. The Bertz CT molecular complexity index is 518. The number of carbonyl (C=O) groups excluding carboxylic acids is 1. The average Bonchev–Trinajstić information content (AvgIpc) is 2.87. The quantitative estimate of drug-likeness (QED) is 0.916. The van der Waals surface area contributed by atoms with Gasteiger partial charge in [0.1, 0.15) is 5.82 Å². The standard InChI is InChI=1S/C15H18FNO3/c1-10(7-11-3-2-4-13(16)8-11)14(18)17-6-5-12(9-17)15(19)20/h2-4,8,10,12H,5-7,9H2,1H3,(H,19,20)/t10-,12-/m0/s1. The molecule has 20 heavy (non-hydrogen) atoms. The van der Waals surface area contributed by atoms with Crippen LogP contribution in [0.4, 0.5) is 4.39 Å². The molecule has 2 atom stereocenters. The molecule has 1 fully saturated rings. The Hall–Kier alpha value is -1.91. The van der Waals surface area contributed by atoms with Crippen LogP contribution < -0.4 is 0 Å². The third-order valence-electron chi connectivity index (χ3n) is 3.70. The number of carboxylic acids is 1. The van der Waals surface area contributed by atoms with Crippen LogP contribution in [-0.4, -0.2) is 35.0 Å². The lowest BCUT2D eigenvalue weighted by Crippen LogP contribution is -2.34. The van der Waals surface area contributed by atoms with E-state index in [2.05, 4.69) is 0 Å². The number of nitrogens with zero attached hydrogens (tertiary/aromatic N) is 1. The Morgan fingerprint density at radius 3 is 2.85 bits per heavy atom. The van der Waals surface area contributed by atoms with Crippen LogP contribution in [0.2, 0.25) is 0 Å². The summed E-state index contributed by atoms with van der Waals surface area (Å²) >= 11 is 0. The van der Waals surface area contributed by atoms with E-state index in [0.29, 0.717) is 19.4 Å². The highest BCUT2D eigenvalue weighted by Gasteiger charge is 2.32. The molecular weight excluding hydrogens is 261 g/mol. The van der Waals surface area contributed by atoms with Crippen LogP contribution in [0.1, 0.15) is 18.9 Å². The molecule has 0 spiro atoms. The van der Waals surface area contributed by atoms with Gasteiger partial charge in [-0.15, -0.1) is 0 Å². The van der Waals surface area contributed by atoms with Gasteiger partial charge in [0.05, 0.1) is 5.92 Å². The van der Waals surface area contributed by atoms with Gasteiger partial charge in [-0.2, -0.15) is 0 Å². The van der Waals surface area contributed by atoms with Crippen molar-refractivity contribution in [2.45, 2.75) is 19.8 Å². The number of likely N-dealkylation sites (tertiary alicyclic amines) is 1. The van der Waals surface area contributed by atoms with E-state index in [1.54, 1.807) is 24.0 Å². The van der Waals surface area contributed by atoms with Crippen molar-refractivity contribution in [2.24, 2.45) is 11.8 Å². The topological polar surface area (TPSA) is 57.6 Å². The van der Waals surface area contributed by atoms with Crippen molar-refractivity contribution in [3.8, 4) is 0 Å². The molecule has 1 aliphatic heterocycles. The van der Waals surface area contributed by atoms with Gasteiger partial charge in [-0.1, -0.05) is 19.1 Å². The van der Waals surface area contributed by atoms with Crippen molar-refractivity contribution < 1.29 is 19.1 Å². The number of carbonyl (C=O) groups is 2. The lowest BCUT2D eigenvalue weighted by molar-refractivity contribution is -0.141. The number of carboxylic acid groups (broad SMARTS) is 1. The molecule has 5 heteroatoms. The van der Waals surface area contributed by atoms with Crippen molar-refractivity contribution >= 4 is 11.9 Å². The summed E-state index contributed by atoms with van der Waals surface area (Å²) in [6, 6.07) is 6.21. The number of hydrogen-bond acceptors (Lipinski definition) is 2. The maximum absolute atomic E-state index is 13.1. The zero-order chi connectivity index (χ0) is 14.7. The number of amides is 1. The molecule has 1 aromatic rings. The van der Waals surface area contributed by atoms with E-state index in [0.717, 1.165) is 5.56 Å². The molecule has 4 nitrogen and oxygen atoms in total. The van der Waals surface area contributed by atoms with Crippen LogP contribution in [0.3, 0.4) is 0 Å². The first-order valence-corrected chi connectivity index (χ1v) is 6.73. The SMILES string of the molecule is C[C@@H](Cc1cccc(F)c1)C(=O)N1CC[C@H](C(=O)O)C1. The van der Waals surface area contributed by atoms with E-state index < -0.39 is 11.9 Å². The van der Waals surface area contributed by atoms with Crippen LogP contribution in [0.25, 0.3) is 0 Å². The summed E-state index contributed by atoms with van der Waals surface area (Å²) in [5.74, 6) is -1.95. The Morgan fingerprint density at radius 2 is 2.25 bits per heavy atom. The summed E-state index contributed by atoms with van der Waals surface area (Å²) in [7, 11) is 0. The second-order valence-corrected chi connectivity index (χ2v) is 5.34. The summed E-state index contributed by atoms with van der Waals surface area (Å²) < 4.78 is 13.1. The van der Waals surface area contributed by atoms with Gasteiger partial charge in [-0.3, -0.25) is 9.59 Å². The molecule has 1 aliphatic rings. The zero-order valence-corrected chi connectivity index (χ0v) is 11.4. The Balaban J connectivity index is 1.94. The van der Waals surface area contributed by atoms with Crippen LogP contribution >= 0.6 is 0 Å². The van der Waals surface area contributed by atoms with Gasteiger partial charge in [0.15, 0.2) is 0 Å². The predicted molar refractivity (Wildman–Crippen MR) is 71.6 cm³/mol. The first kappa shape index (κ1) is 14.5. The van der Waals surface area contributed by atoms with Crippen LogP contribution in [0, 0.1) is 17.7 Å². The van der Waals surface area contributed by atoms with Crippen molar-refractivity contribution in [3.05, 3.63) is 35.6 Å². The molecule has 108 valence electrons. The van der Waals surface area contributed by atoms with Crippen LogP contribution in [-0.2, 0) is 16.0 Å². The van der Waals surface area contributed by atoms with Crippen molar-refractivity contribution in [2.75, 3.05) is 13.1 Å². The van der Waals surface area contributed by atoms with Crippen molar-refractivity contribution in [1.82, 2.24) is 4.90 Å². The van der Waals surface area contributed by atoms with E-state index in [-0.39, 0.29) is 24.2 Å². The van der Waals surface area contributed by atoms with Gasteiger partial charge in [-0.05, 0) is 30.5 Å². The highest BCUT2D eigenvalue weighted by molar-refractivity contribution is 5.80.